The van der Waals surface area contributed by atoms with Crippen LogP contribution >= 0.6 is 0 Å². The highest BCUT2D eigenvalue weighted by Crippen LogP contribution is 2.42. The van der Waals surface area contributed by atoms with Crippen LogP contribution in [0.5, 0.6) is 0 Å². The normalized spacial score (nSPS) is 12.4. The second-order valence-electron chi connectivity index (χ2n) is 14.3. The van der Waals surface area contributed by atoms with Gasteiger partial charge in [0.15, 0.2) is 0 Å². The molecule has 0 unspecified atom stereocenters. The standard InChI is InChI=1S/C53H39N3/c1-3-37(38-17-7-4-8-18-38)35-47(40-19-9-5-10-20-40)54-36(2)41-28-27-39-29-30-44(34-42(39)33-41)56-49-26-16-14-24-46(49)53-51(56)32-31-50-52(53)45-23-13-15-25-48(45)55(50)43-21-11-6-12-22-43/h4-35H,2-3H2,1H3/b37-35+,54-47?. The van der Waals surface area contributed by atoms with Crippen LogP contribution in [0.1, 0.15) is 30.0 Å². The molecule has 10 rings (SSSR count). The Morgan fingerprint density at radius 1 is 0.482 bits per heavy atom. The van der Waals surface area contributed by atoms with Crippen LogP contribution in [-0.2, 0) is 0 Å². The zero-order valence-electron chi connectivity index (χ0n) is 31.2. The second kappa shape index (κ2) is 13.9. The Kier molecular flexibility index (Phi) is 8.26. The van der Waals surface area contributed by atoms with Crippen LogP contribution in [-0.4, -0.2) is 14.8 Å². The number of aliphatic imine (C=N–C) groups is 1. The zero-order valence-corrected chi connectivity index (χ0v) is 31.2. The number of allylic oxidation sites excluding steroid dienone is 2. The maximum absolute atomic E-state index is 5.21. The Bertz CT molecular complexity index is 3160. The summed E-state index contributed by atoms with van der Waals surface area (Å²) in [6.07, 6.45) is 3.11. The van der Waals surface area contributed by atoms with Crippen molar-refractivity contribution >= 4 is 71.4 Å². The Morgan fingerprint density at radius 2 is 1.02 bits per heavy atom. The first-order valence-electron chi connectivity index (χ1n) is 19.3. The van der Waals surface area contributed by atoms with Crippen molar-refractivity contribution in [2.45, 2.75) is 13.3 Å². The number of para-hydroxylation sites is 3. The smallest absolute Gasteiger partial charge is 0.0712 e. The van der Waals surface area contributed by atoms with Crippen LogP contribution in [0.4, 0.5) is 0 Å². The van der Waals surface area contributed by atoms with Crippen LogP contribution in [0.2, 0.25) is 0 Å². The van der Waals surface area contributed by atoms with Crippen molar-refractivity contribution in [3.8, 4) is 11.4 Å². The van der Waals surface area contributed by atoms with Gasteiger partial charge in [-0.2, -0.15) is 0 Å². The molecule has 0 saturated heterocycles. The van der Waals surface area contributed by atoms with E-state index in [0.29, 0.717) is 0 Å². The minimum Gasteiger partial charge on any atom is -0.309 e. The molecule has 0 radical (unpaired) electrons. The molecule has 0 spiro atoms. The lowest BCUT2D eigenvalue weighted by Crippen LogP contribution is -2.00. The Balaban J connectivity index is 1.12. The summed E-state index contributed by atoms with van der Waals surface area (Å²) >= 11 is 0. The number of benzene rings is 8. The number of hydrogen-bond acceptors (Lipinski definition) is 1. The molecular formula is C53H39N3. The largest absolute Gasteiger partial charge is 0.309 e. The molecule has 0 N–H and O–H groups in total. The van der Waals surface area contributed by atoms with Crippen molar-refractivity contribution < 1.29 is 0 Å². The average Bonchev–Trinajstić information content (AvgIpc) is 3.78. The molecule has 2 aromatic heterocycles. The molecule has 0 bridgehead atoms. The molecule has 0 fully saturated rings. The molecule has 0 aliphatic rings. The highest BCUT2D eigenvalue weighted by atomic mass is 15.0. The molecule has 56 heavy (non-hydrogen) atoms. The summed E-state index contributed by atoms with van der Waals surface area (Å²) in [4.78, 5) is 5.21. The van der Waals surface area contributed by atoms with Crippen LogP contribution in [0.3, 0.4) is 0 Å². The van der Waals surface area contributed by atoms with Crippen LogP contribution in [0, 0.1) is 0 Å². The Hall–Kier alpha value is -7.23. The number of rotatable bonds is 8. The fourth-order valence-electron chi connectivity index (χ4n) is 8.41. The second-order valence-corrected chi connectivity index (χ2v) is 14.3. The van der Waals surface area contributed by atoms with Gasteiger partial charge in [-0.05, 0) is 89.0 Å². The van der Waals surface area contributed by atoms with Gasteiger partial charge in [-0.1, -0.05) is 147 Å². The third-order valence-corrected chi connectivity index (χ3v) is 11.1. The maximum Gasteiger partial charge on any atom is 0.0712 e. The predicted molar refractivity (Wildman–Crippen MR) is 239 cm³/mol. The first-order chi connectivity index (χ1) is 27.7. The van der Waals surface area contributed by atoms with Gasteiger partial charge in [-0.25, -0.2) is 4.99 Å². The van der Waals surface area contributed by atoms with E-state index in [1.54, 1.807) is 0 Å². The molecule has 0 aliphatic carbocycles. The van der Waals surface area contributed by atoms with E-state index in [4.69, 9.17) is 4.99 Å². The number of nitrogens with zero attached hydrogens (tertiary/aromatic N) is 3. The fraction of sp³-hybridized carbons (Fsp3) is 0.0377. The van der Waals surface area contributed by atoms with Gasteiger partial charge in [0.05, 0.1) is 33.5 Å². The van der Waals surface area contributed by atoms with Crippen molar-refractivity contribution in [3.05, 3.63) is 217 Å². The molecule has 0 atom stereocenters. The van der Waals surface area contributed by atoms with Crippen molar-refractivity contribution in [2.75, 3.05) is 0 Å². The van der Waals surface area contributed by atoms with Crippen molar-refractivity contribution in [1.29, 1.82) is 0 Å². The molecule has 266 valence electrons. The van der Waals surface area contributed by atoms with Crippen LogP contribution < -0.4 is 0 Å². The van der Waals surface area contributed by atoms with Crippen molar-refractivity contribution in [3.63, 3.8) is 0 Å². The summed E-state index contributed by atoms with van der Waals surface area (Å²) in [6, 6.07) is 67.2. The summed E-state index contributed by atoms with van der Waals surface area (Å²) in [7, 11) is 0. The molecule has 10 aromatic rings. The van der Waals surface area contributed by atoms with E-state index in [9.17, 15) is 0 Å². The fourth-order valence-corrected chi connectivity index (χ4v) is 8.41. The van der Waals surface area contributed by atoms with E-state index in [0.717, 1.165) is 45.7 Å². The van der Waals surface area contributed by atoms with E-state index in [1.807, 2.05) is 6.07 Å². The monoisotopic (exact) mass is 717 g/mol. The van der Waals surface area contributed by atoms with Gasteiger partial charge < -0.3 is 9.13 Å². The number of hydrogen-bond donors (Lipinski definition) is 0. The van der Waals surface area contributed by atoms with Gasteiger partial charge in [0.1, 0.15) is 0 Å². The first kappa shape index (κ1) is 33.3. The lowest BCUT2D eigenvalue weighted by Gasteiger charge is -2.12. The molecule has 0 saturated carbocycles. The lowest BCUT2D eigenvalue weighted by atomic mass is 9.99. The van der Waals surface area contributed by atoms with E-state index >= 15 is 0 Å². The van der Waals surface area contributed by atoms with Crippen LogP contribution in [0.15, 0.2) is 206 Å². The minimum absolute atomic E-state index is 0.727. The quantitative estimate of drug-likeness (QED) is 0.140. The summed E-state index contributed by atoms with van der Waals surface area (Å²) in [5.41, 5.74) is 13.2. The highest BCUT2D eigenvalue weighted by Gasteiger charge is 2.20. The number of fused-ring (bicyclic) bond motifs is 8. The van der Waals surface area contributed by atoms with E-state index in [-0.39, 0.29) is 0 Å². The Labute approximate surface area is 326 Å². The van der Waals surface area contributed by atoms with E-state index in [1.165, 1.54) is 60.1 Å². The Morgan fingerprint density at radius 3 is 1.64 bits per heavy atom. The molecule has 8 aromatic carbocycles. The predicted octanol–water partition coefficient (Wildman–Crippen LogP) is 14.0. The molecule has 3 nitrogen and oxygen atoms in total. The van der Waals surface area contributed by atoms with E-state index in [2.05, 4.69) is 211 Å². The summed E-state index contributed by atoms with van der Waals surface area (Å²) < 4.78 is 4.82. The van der Waals surface area contributed by atoms with Crippen molar-refractivity contribution in [2.24, 2.45) is 4.99 Å². The van der Waals surface area contributed by atoms with E-state index < -0.39 is 0 Å². The summed E-state index contributed by atoms with van der Waals surface area (Å²) in [5.74, 6) is 0. The van der Waals surface area contributed by atoms with Gasteiger partial charge in [0.2, 0.25) is 0 Å². The molecule has 0 amide bonds. The first-order valence-corrected chi connectivity index (χ1v) is 19.3. The zero-order chi connectivity index (χ0) is 37.6. The number of aromatic nitrogens is 2. The van der Waals surface area contributed by atoms with Gasteiger partial charge in [0.25, 0.3) is 0 Å². The lowest BCUT2D eigenvalue weighted by molar-refractivity contribution is 1.17. The topological polar surface area (TPSA) is 22.2 Å². The van der Waals surface area contributed by atoms with Crippen molar-refractivity contribution in [1.82, 2.24) is 9.13 Å². The van der Waals surface area contributed by atoms with Gasteiger partial charge in [-0.3, -0.25) is 0 Å². The van der Waals surface area contributed by atoms with Gasteiger partial charge in [0, 0.05) is 44.0 Å². The maximum atomic E-state index is 5.21. The SMILES string of the molecule is C=C(N=C(/C=C(\CC)c1ccccc1)c1ccccc1)c1ccc2ccc(-n3c4ccccc4c4c5c6ccccc6n(-c6ccccc6)c5ccc43)cc2c1. The molecule has 0 aliphatic heterocycles. The molecular weight excluding hydrogens is 679 g/mol. The van der Waals surface area contributed by atoms with Gasteiger partial charge >= 0.3 is 0 Å². The average molecular weight is 718 g/mol. The molecule has 2 heterocycles. The van der Waals surface area contributed by atoms with Crippen LogP contribution in [0.25, 0.3) is 77.0 Å². The molecule has 3 heteroatoms. The minimum atomic E-state index is 0.727. The highest BCUT2D eigenvalue weighted by molar-refractivity contribution is 6.29. The third kappa shape index (κ3) is 5.64. The third-order valence-electron chi connectivity index (χ3n) is 11.1. The summed E-state index contributed by atoms with van der Waals surface area (Å²) in [6.45, 7) is 6.71. The summed E-state index contributed by atoms with van der Waals surface area (Å²) in [5, 5.41) is 7.34. The van der Waals surface area contributed by atoms with Gasteiger partial charge in [-0.15, -0.1) is 0 Å².